The fraction of sp³-hybridized carbons (Fsp3) is 0.846. The van der Waals surface area contributed by atoms with Crippen molar-refractivity contribution in [2.75, 3.05) is 26.2 Å². The van der Waals surface area contributed by atoms with Gasteiger partial charge in [0.05, 0.1) is 6.07 Å². The monoisotopic (exact) mass is 237 g/mol. The Morgan fingerprint density at radius 3 is 2.65 bits per heavy atom. The van der Waals surface area contributed by atoms with Gasteiger partial charge in [-0.2, -0.15) is 5.26 Å². The molecule has 4 heteroatoms. The summed E-state index contributed by atoms with van der Waals surface area (Å²) in [6, 6.07) is 2.03. The summed E-state index contributed by atoms with van der Waals surface area (Å²) < 4.78 is 0. The molecule has 0 saturated carbocycles. The third-order valence-corrected chi connectivity index (χ3v) is 3.27. The molecule has 0 aliphatic carbocycles. The number of likely N-dealkylation sites (tertiary alicyclic amines) is 1. The lowest BCUT2D eigenvalue weighted by Crippen LogP contribution is -2.36. The second kappa shape index (κ2) is 7.29. The van der Waals surface area contributed by atoms with Crippen LogP contribution in [0.15, 0.2) is 0 Å². The van der Waals surface area contributed by atoms with Gasteiger partial charge in [-0.1, -0.05) is 13.8 Å². The van der Waals surface area contributed by atoms with Crippen LogP contribution in [0.4, 0.5) is 0 Å². The van der Waals surface area contributed by atoms with Crippen molar-refractivity contribution >= 4 is 5.91 Å². The number of carbonyl (C=O) groups is 1. The van der Waals surface area contributed by atoms with Crippen LogP contribution in [-0.2, 0) is 4.79 Å². The van der Waals surface area contributed by atoms with E-state index >= 15 is 0 Å². The largest absolute Gasteiger partial charge is 0.355 e. The SMILES string of the molecule is CCC(C#N)C(=O)NCC(C)CN1CCCC1. The predicted molar refractivity (Wildman–Crippen MR) is 67.2 cm³/mol. The number of hydrogen-bond acceptors (Lipinski definition) is 3. The molecule has 1 rings (SSSR count). The Kier molecular flexibility index (Phi) is 5.99. The molecule has 1 saturated heterocycles. The van der Waals surface area contributed by atoms with Crippen LogP contribution < -0.4 is 5.32 Å². The second-order valence-electron chi connectivity index (χ2n) is 4.95. The van der Waals surface area contributed by atoms with Gasteiger partial charge in [0.25, 0.3) is 0 Å². The van der Waals surface area contributed by atoms with Gasteiger partial charge in [-0.05, 0) is 38.3 Å². The molecule has 96 valence electrons. The van der Waals surface area contributed by atoms with E-state index in [0.717, 1.165) is 6.54 Å². The Labute approximate surface area is 104 Å². The van der Waals surface area contributed by atoms with E-state index in [9.17, 15) is 4.79 Å². The van der Waals surface area contributed by atoms with E-state index in [2.05, 4.69) is 17.1 Å². The molecule has 0 aromatic rings. The summed E-state index contributed by atoms with van der Waals surface area (Å²) >= 11 is 0. The van der Waals surface area contributed by atoms with Crippen molar-refractivity contribution in [3.8, 4) is 6.07 Å². The number of carbonyl (C=O) groups excluding carboxylic acids is 1. The van der Waals surface area contributed by atoms with Crippen molar-refractivity contribution in [2.45, 2.75) is 33.1 Å². The van der Waals surface area contributed by atoms with Gasteiger partial charge >= 0.3 is 0 Å². The Balaban J connectivity index is 2.20. The van der Waals surface area contributed by atoms with Crippen LogP contribution in [0.5, 0.6) is 0 Å². The van der Waals surface area contributed by atoms with Crippen molar-refractivity contribution in [1.29, 1.82) is 5.26 Å². The highest BCUT2D eigenvalue weighted by atomic mass is 16.1. The molecule has 1 heterocycles. The Morgan fingerprint density at radius 1 is 1.47 bits per heavy atom. The van der Waals surface area contributed by atoms with E-state index in [1.807, 2.05) is 13.0 Å². The van der Waals surface area contributed by atoms with Gasteiger partial charge in [0.1, 0.15) is 5.92 Å². The molecule has 1 amide bonds. The molecule has 1 N–H and O–H groups in total. The van der Waals surface area contributed by atoms with Gasteiger partial charge in [-0.25, -0.2) is 0 Å². The van der Waals surface area contributed by atoms with Crippen molar-refractivity contribution in [1.82, 2.24) is 10.2 Å². The molecule has 1 fully saturated rings. The molecular weight excluding hydrogens is 214 g/mol. The highest BCUT2D eigenvalue weighted by Crippen LogP contribution is 2.10. The number of amides is 1. The van der Waals surface area contributed by atoms with Gasteiger partial charge in [0, 0.05) is 13.1 Å². The maximum Gasteiger partial charge on any atom is 0.237 e. The Morgan fingerprint density at radius 2 is 2.12 bits per heavy atom. The first kappa shape index (κ1) is 14.0. The van der Waals surface area contributed by atoms with E-state index in [0.29, 0.717) is 18.9 Å². The molecule has 1 aliphatic rings. The fourth-order valence-corrected chi connectivity index (χ4v) is 2.20. The van der Waals surface area contributed by atoms with E-state index in [1.54, 1.807) is 0 Å². The molecular formula is C13H23N3O. The van der Waals surface area contributed by atoms with Crippen LogP contribution in [0.25, 0.3) is 0 Å². The molecule has 4 nitrogen and oxygen atoms in total. The first-order chi connectivity index (χ1) is 8.17. The lowest BCUT2D eigenvalue weighted by Gasteiger charge is -2.20. The van der Waals surface area contributed by atoms with Gasteiger partial charge in [-0.15, -0.1) is 0 Å². The first-order valence-corrected chi connectivity index (χ1v) is 6.57. The van der Waals surface area contributed by atoms with Crippen LogP contribution in [0, 0.1) is 23.2 Å². The van der Waals surface area contributed by atoms with Crippen molar-refractivity contribution in [3.63, 3.8) is 0 Å². The lowest BCUT2D eigenvalue weighted by atomic mass is 10.1. The van der Waals surface area contributed by atoms with E-state index in [4.69, 9.17) is 5.26 Å². The summed E-state index contributed by atoms with van der Waals surface area (Å²) in [5.74, 6) is -0.162. The summed E-state index contributed by atoms with van der Waals surface area (Å²) in [6.45, 7) is 8.10. The van der Waals surface area contributed by atoms with Crippen LogP contribution in [0.1, 0.15) is 33.1 Å². The topological polar surface area (TPSA) is 56.1 Å². The zero-order valence-electron chi connectivity index (χ0n) is 10.9. The molecule has 2 unspecified atom stereocenters. The number of nitriles is 1. The van der Waals surface area contributed by atoms with Crippen LogP contribution >= 0.6 is 0 Å². The quantitative estimate of drug-likeness (QED) is 0.759. The van der Waals surface area contributed by atoms with Crippen molar-refractivity contribution in [2.24, 2.45) is 11.8 Å². The minimum absolute atomic E-state index is 0.122. The number of nitrogens with zero attached hydrogens (tertiary/aromatic N) is 2. The van der Waals surface area contributed by atoms with E-state index in [1.165, 1.54) is 25.9 Å². The summed E-state index contributed by atoms with van der Waals surface area (Å²) in [6.07, 6.45) is 3.18. The maximum absolute atomic E-state index is 11.6. The smallest absolute Gasteiger partial charge is 0.237 e. The van der Waals surface area contributed by atoms with Gasteiger partial charge in [-0.3, -0.25) is 4.79 Å². The fourth-order valence-electron chi connectivity index (χ4n) is 2.20. The number of rotatable bonds is 6. The molecule has 0 aromatic heterocycles. The number of nitrogens with one attached hydrogen (secondary N) is 1. The summed E-state index contributed by atoms with van der Waals surface area (Å²) in [7, 11) is 0. The Bertz CT molecular complexity index is 279. The van der Waals surface area contributed by atoms with Crippen molar-refractivity contribution < 1.29 is 4.79 Å². The third-order valence-electron chi connectivity index (χ3n) is 3.27. The normalized spacial score (nSPS) is 19.6. The highest BCUT2D eigenvalue weighted by molar-refractivity contribution is 5.80. The average Bonchev–Trinajstić information content (AvgIpc) is 2.81. The summed E-state index contributed by atoms with van der Waals surface area (Å²) in [4.78, 5) is 14.0. The van der Waals surface area contributed by atoms with Crippen LogP contribution in [0.3, 0.4) is 0 Å². The number of hydrogen-bond donors (Lipinski definition) is 1. The molecule has 0 bridgehead atoms. The molecule has 2 atom stereocenters. The highest BCUT2D eigenvalue weighted by Gasteiger charge is 2.18. The molecule has 1 aliphatic heterocycles. The molecule has 17 heavy (non-hydrogen) atoms. The minimum Gasteiger partial charge on any atom is -0.355 e. The van der Waals surface area contributed by atoms with Gasteiger partial charge in [0.15, 0.2) is 0 Å². The predicted octanol–water partition coefficient (Wildman–Crippen LogP) is 1.38. The molecule has 0 aromatic carbocycles. The molecule has 0 radical (unpaired) electrons. The molecule has 0 spiro atoms. The van der Waals surface area contributed by atoms with E-state index in [-0.39, 0.29) is 5.91 Å². The maximum atomic E-state index is 11.6. The standard InChI is InChI=1S/C13H23N3O/c1-3-12(8-14)13(17)15-9-11(2)10-16-6-4-5-7-16/h11-12H,3-7,9-10H2,1-2H3,(H,15,17). The first-order valence-electron chi connectivity index (χ1n) is 6.57. The van der Waals surface area contributed by atoms with E-state index < -0.39 is 5.92 Å². The zero-order valence-corrected chi connectivity index (χ0v) is 10.9. The van der Waals surface area contributed by atoms with Crippen LogP contribution in [0.2, 0.25) is 0 Å². The second-order valence-corrected chi connectivity index (χ2v) is 4.95. The van der Waals surface area contributed by atoms with Crippen LogP contribution in [-0.4, -0.2) is 37.0 Å². The Hall–Kier alpha value is -1.08. The van der Waals surface area contributed by atoms with Gasteiger partial charge < -0.3 is 10.2 Å². The minimum atomic E-state index is -0.492. The summed E-state index contributed by atoms with van der Waals surface area (Å²) in [5, 5.41) is 11.6. The summed E-state index contributed by atoms with van der Waals surface area (Å²) in [5.41, 5.74) is 0. The lowest BCUT2D eigenvalue weighted by molar-refractivity contribution is -0.123. The third kappa shape index (κ3) is 4.74. The average molecular weight is 237 g/mol. The van der Waals surface area contributed by atoms with Gasteiger partial charge in [0.2, 0.25) is 5.91 Å². The zero-order chi connectivity index (χ0) is 12.7. The van der Waals surface area contributed by atoms with Crippen molar-refractivity contribution in [3.05, 3.63) is 0 Å².